The minimum Gasteiger partial charge on any atom is -0.363 e. The molecule has 3 rings (SSSR count). The number of hydrogen-bond donors (Lipinski definition) is 2. The molecule has 0 aliphatic heterocycles. The fourth-order valence-corrected chi connectivity index (χ4v) is 3.56. The van der Waals surface area contributed by atoms with Gasteiger partial charge in [0.2, 0.25) is 0 Å². The van der Waals surface area contributed by atoms with Crippen LogP contribution in [0.25, 0.3) is 0 Å². The predicted octanol–water partition coefficient (Wildman–Crippen LogP) is 3.17. The minimum atomic E-state index is -3.75. The van der Waals surface area contributed by atoms with Crippen molar-refractivity contribution in [2.75, 3.05) is 29.0 Å². The number of aryl methyl sites for hydroxylation is 1. The molecule has 0 atom stereocenters. The lowest BCUT2D eigenvalue weighted by atomic mass is 10.3. The fourth-order valence-electron chi connectivity index (χ4n) is 2.56. The van der Waals surface area contributed by atoms with Crippen LogP contribution in [-0.4, -0.2) is 42.0 Å². The summed E-state index contributed by atoms with van der Waals surface area (Å²) in [4.78, 5) is 14.6. The molecule has 0 radical (unpaired) electrons. The zero-order valence-corrected chi connectivity index (χ0v) is 17.9. The van der Waals surface area contributed by atoms with E-state index in [1.54, 1.807) is 28.8 Å². The van der Waals surface area contributed by atoms with E-state index in [-0.39, 0.29) is 11.1 Å². The Bertz CT molecular complexity index is 1090. The van der Waals surface area contributed by atoms with E-state index in [0.29, 0.717) is 17.3 Å². The van der Waals surface area contributed by atoms with Crippen molar-refractivity contribution in [1.29, 1.82) is 0 Å². The molecule has 2 aromatic heterocycles. The Morgan fingerprint density at radius 2 is 1.72 bits per heavy atom. The number of hydrogen-bond acceptors (Lipinski definition) is 7. The number of benzene rings is 1. The molecule has 0 unspecified atom stereocenters. The van der Waals surface area contributed by atoms with Crippen molar-refractivity contribution in [2.24, 2.45) is 0 Å². The summed E-state index contributed by atoms with van der Waals surface area (Å²) in [6.07, 6.45) is 3.03. The summed E-state index contributed by atoms with van der Waals surface area (Å²) in [6.45, 7) is 5.74. The average molecular weight is 416 g/mol. The topological polar surface area (TPSA) is 105 Å². The molecule has 0 amide bonds. The van der Waals surface area contributed by atoms with Crippen LogP contribution in [0.1, 0.15) is 25.7 Å². The average Bonchev–Trinajstić information content (AvgIpc) is 3.14. The summed E-state index contributed by atoms with van der Waals surface area (Å²) < 4.78 is 29.3. The lowest BCUT2D eigenvalue weighted by Crippen LogP contribution is -2.13. The van der Waals surface area contributed by atoms with Crippen molar-refractivity contribution in [3.05, 3.63) is 48.7 Å². The van der Waals surface area contributed by atoms with Crippen LogP contribution in [-0.2, 0) is 10.0 Å². The largest absolute Gasteiger partial charge is 0.363 e. The van der Waals surface area contributed by atoms with Crippen LogP contribution < -0.4 is 14.9 Å². The van der Waals surface area contributed by atoms with Crippen molar-refractivity contribution in [3.8, 4) is 0 Å². The molecule has 0 saturated carbocycles. The van der Waals surface area contributed by atoms with Gasteiger partial charge in [0.05, 0.1) is 6.33 Å². The highest BCUT2D eigenvalue weighted by Crippen LogP contribution is 2.22. The van der Waals surface area contributed by atoms with Gasteiger partial charge in [-0.2, -0.15) is 8.42 Å². The first-order valence-electron chi connectivity index (χ1n) is 9.10. The smallest absolute Gasteiger partial charge is 0.280 e. The van der Waals surface area contributed by atoms with Gasteiger partial charge in [0.25, 0.3) is 10.0 Å². The summed E-state index contributed by atoms with van der Waals surface area (Å²) in [5, 5.41) is 3.19. The van der Waals surface area contributed by atoms with Crippen molar-refractivity contribution >= 4 is 33.0 Å². The van der Waals surface area contributed by atoms with Gasteiger partial charge < -0.3 is 14.8 Å². The van der Waals surface area contributed by atoms with Gasteiger partial charge in [-0.15, -0.1) is 0 Å². The highest BCUT2D eigenvalue weighted by atomic mass is 32.2. The van der Waals surface area contributed by atoms with Gasteiger partial charge in [0.1, 0.15) is 17.5 Å². The standard InChI is InChI=1S/C19H25N7O2S/c1-13(2)26-11-19(20-12-26)29(27,28)24-16-8-6-15(7-9-16)23-17-10-18(25(4)5)22-14(3)21-17/h6-13,24H,1-5H3,(H,21,22,23). The summed E-state index contributed by atoms with van der Waals surface area (Å²) >= 11 is 0. The van der Waals surface area contributed by atoms with Gasteiger partial charge in [-0.25, -0.2) is 15.0 Å². The minimum absolute atomic E-state index is 0.0129. The van der Waals surface area contributed by atoms with Crippen LogP contribution in [0.4, 0.5) is 23.0 Å². The number of sulfonamides is 1. The summed E-state index contributed by atoms with van der Waals surface area (Å²) in [5.41, 5.74) is 1.22. The highest BCUT2D eigenvalue weighted by molar-refractivity contribution is 7.92. The number of nitrogens with zero attached hydrogens (tertiary/aromatic N) is 5. The van der Waals surface area contributed by atoms with Crippen molar-refractivity contribution in [1.82, 2.24) is 19.5 Å². The molecule has 154 valence electrons. The summed E-state index contributed by atoms with van der Waals surface area (Å²) in [6, 6.07) is 8.89. The van der Waals surface area contributed by atoms with Gasteiger partial charge in [0.15, 0.2) is 5.03 Å². The molecule has 0 bridgehead atoms. The first-order chi connectivity index (χ1) is 13.6. The second-order valence-corrected chi connectivity index (χ2v) is 8.74. The first kappa shape index (κ1) is 20.6. The summed E-state index contributed by atoms with van der Waals surface area (Å²) in [5.74, 6) is 2.11. The zero-order chi connectivity index (χ0) is 21.2. The normalized spacial score (nSPS) is 11.5. The van der Waals surface area contributed by atoms with Crippen LogP contribution in [0.5, 0.6) is 0 Å². The number of aromatic nitrogens is 4. The van der Waals surface area contributed by atoms with E-state index >= 15 is 0 Å². The lowest BCUT2D eigenvalue weighted by Gasteiger charge is -2.14. The molecule has 0 aliphatic carbocycles. The highest BCUT2D eigenvalue weighted by Gasteiger charge is 2.18. The van der Waals surface area contributed by atoms with Crippen LogP contribution >= 0.6 is 0 Å². The Labute approximate surface area is 170 Å². The number of anilines is 4. The van der Waals surface area contributed by atoms with Gasteiger partial charge in [-0.05, 0) is 45.0 Å². The van der Waals surface area contributed by atoms with E-state index in [4.69, 9.17) is 0 Å². The molecular weight excluding hydrogens is 390 g/mol. The summed E-state index contributed by atoms with van der Waals surface area (Å²) in [7, 11) is 0.0797. The van der Waals surface area contributed by atoms with Crippen molar-refractivity contribution in [3.63, 3.8) is 0 Å². The molecule has 29 heavy (non-hydrogen) atoms. The molecule has 10 heteroatoms. The second-order valence-electron chi connectivity index (χ2n) is 7.11. The molecule has 9 nitrogen and oxygen atoms in total. The van der Waals surface area contributed by atoms with E-state index in [1.807, 2.05) is 45.8 Å². The molecule has 3 aromatic rings. The molecule has 0 saturated heterocycles. The van der Waals surface area contributed by atoms with Gasteiger partial charge in [0, 0.05) is 43.8 Å². The van der Waals surface area contributed by atoms with E-state index in [2.05, 4.69) is 25.0 Å². The second kappa shape index (κ2) is 8.08. The lowest BCUT2D eigenvalue weighted by molar-refractivity contribution is 0.591. The Kier molecular flexibility index (Phi) is 5.73. The van der Waals surface area contributed by atoms with E-state index in [0.717, 1.165) is 11.5 Å². The molecule has 2 heterocycles. The Balaban J connectivity index is 1.73. The zero-order valence-electron chi connectivity index (χ0n) is 17.1. The maximum atomic E-state index is 12.5. The Morgan fingerprint density at radius 1 is 1.07 bits per heavy atom. The van der Waals surface area contributed by atoms with E-state index in [9.17, 15) is 8.42 Å². The monoisotopic (exact) mass is 415 g/mol. The van der Waals surface area contributed by atoms with Crippen molar-refractivity contribution in [2.45, 2.75) is 31.8 Å². The molecule has 0 aliphatic rings. The van der Waals surface area contributed by atoms with Crippen LogP contribution in [0.15, 0.2) is 47.9 Å². The van der Waals surface area contributed by atoms with Crippen LogP contribution in [0.3, 0.4) is 0 Å². The van der Waals surface area contributed by atoms with Gasteiger partial charge in [-0.3, -0.25) is 4.72 Å². The van der Waals surface area contributed by atoms with E-state index < -0.39 is 10.0 Å². The SMILES string of the molecule is Cc1nc(Nc2ccc(NS(=O)(=O)c3cn(C(C)C)cn3)cc2)cc(N(C)C)n1. The third-order valence-electron chi connectivity index (χ3n) is 4.14. The molecule has 0 spiro atoms. The number of nitrogens with one attached hydrogen (secondary N) is 2. The molecule has 2 N–H and O–H groups in total. The number of imidazole rings is 1. The quantitative estimate of drug-likeness (QED) is 0.610. The molecular formula is C19H25N7O2S. The molecule has 0 fully saturated rings. The third-order valence-corrected chi connectivity index (χ3v) is 5.41. The Hall–Kier alpha value is -3.14. The van der Waals surface area contributed by atoms with Gasteiger partial charge >= 0.3 is 0 Å². The predicted molar refractivity (Wildman–Crippen MR) is 114 cm³/mol. The van der Waals surface area contributed by atoms with Gasteiger partial charge in [-0.1, -0.05) is 0 Å². The van der Waals surface area contributed by atoms with Crippen LogP contribution in [0.2, 0.25) is 0 Å². The third kappa shape index (κ3) is 5.02. The Morgan fingerprint density at radius 3 is 2.31 bits per heavy atom. The molecule has 1 aromatic carbocycles. The van der Waals surface area contributed by atoms with Crippen LogP contribution in [0, 0.1) is 6.92 Å². The first-order valence-corrected chi connectivity index (χ1v) is 10.6. The maximum absolute atomic E-state index is 12.5. The van der Waals surface area contributed by atoms with Crippen molar-refractivity contribution < 1.29 is 8.42 Å². The van der Waals surface area contributed by atoms with E-state index in [1.165, 1.54) is 12.5 Å². The maximum Gasteiger partial charge on any atom is 0.280 e. The number of rotatable bonds is 7. The fraction of sp³-hybridized carbons (Fsp3) is 0.316.